The highest BCUT2D eigenvalue weighted by atomic mass is 16.5. The van der Waals surface area contributed by atoms with Crippen molar-refractivity contribution in [3.63, 3.8) is 0 Å². The lowest BCUT2D eigenvalue weighted by Crippen LogP contribution is -2.55. The fourth-order valence-electron chi connectivity index (χ4n) is 5.27. The molecule has 6 rings (SSSR count). The Morgan fingerprint density at radius 2 is 1.28 bits per heavy atom. The van der Waals surface area contributed by atoms with Crippen molar-refractivity contribution in [2.45, 2.75) is 31.4 Å². The first-order chi connectivity index (χ1) is 15.7. The molecule has 1 N–H and O–H groups in total. The van der Waals surface area contributed by atoms with Gasteiger partial charge in [-0.2, -0.15) is 0 Å². The van der Waals surface area contributed by atoms with Crippen LogP contribution in [0.5, 0.6) is 0 Å². The third kappa shape index (κ3) is 3.44. The summed E-state index contributed by atoms with van der Waals surface area (Å²) in [5, 5.41) is 3.03. The lowest BCUT2D eigenvalue weighted by Gasteiger charge is -2.49. The molecule has 0 spiro atoms. The van der Waals surface area contributed by atoms with Gasteiger partial charge in [-0.15, -0.1) is 0 Å². The third-order valence-electron chi connectivity index (χ3n) is 6.49. The molecule has 3 aromatic rings. The summed E-state index contributed by atoms with van der Waals surface area (Å²) >= 11 is 0. The van der Waals surface area contributed by atoms with Crippen LogP contribution < -0.4 is 5.32 Å². The number of amides is 1. The van der Waals surface area contributed by atoms with Gasteiger partial charge in [0.25, 0.3) is 0 Å². The molecule has 2 atom stereocenters. The van der Waals surface area contributed by atoms with Gasteiger partial charge in [0.1, 0.15) is 6.61 Å². The number of benzene rings is 3. The number of carbonyl (C=O) groups is 2. The predicted octanol–water partition coefficient (Wildman–Crippen LogP) is 4.75. The zero-order chi connectivity index (χ0) is 22.1. The molecule has 0 fully saturated rings. The Hall–Kier alpha value is -3.60. The molecule has 0 unspecified atom stereocenters. The molecule has 162 valence electrons. The Morgan fingerprint density at radius 1 is 0.750 bits per heavy atom. The van der Waals surface area contributed by atoms with E-state index in [1.807, 2.05) is 54.6 Å². The van der Waals surface area contributed by atoms with Crippen LogP contribution in [0.1, 0.15) is 46.6 Å². The summed E-state index contributed by atoms with van der Waals surface area (Å²) in [7, 11) is 0. The Kier molecular flexibility index (Phi) is 5.39. The summed E-state index contributed by atoms with van der Waals surface area (Å²) in [6.07, 6.45) is -0.532. The molecule has 0 radical (unpaired) electrons. The number of carbonyl (C=O) groups excluding carboxylic acids is 2. The van der Waals surface area contributed by atoms with E-state index in [-0.39, 0.29) is 24.4 Å². The first-order valence-corrected chi connectivity index (χ1v) is 11.0. The molecular weight excluding hydrogens is 402 g/mol. The summed E-state index contributed by atoms with van der Waals surface area (Å²) < 4.78 is 11.0. The van der Waals surface area contributed by atoms with Crippen molar-refractivity contribution >= 4 is 12.1 Å². The number of hydrogen-bond donors (Lipinski definition) is 1. The van der Waals surface area contributed by atoms with Crippen molar-refractivity contribution in [2.24, 2.45) is 5.92 Å². The van der Waals surface area contributed by atoms with Crippen molar-refractivity contribution < 1.29 is 19.1 Å². The molecule has 0 heterocycles. The standard InChI is InChI=1S/C27H25NO4/c1-2-31-26(29)24-22-18-12-6-8-14-20(18)23(21-15-9-7-13-19(21)22)25(24)28-27(30)32-16-17-10-4-3-5-11-17/h3-15,22-25H,2,16H2,1H3,(H,28,30)/t22?,23?,24-,25+/m1/s1. The Labute approximate surface area is 187 Å². The Balaban J connectivity index is 1.50. The van der Waals surface area contributed by atoms with Gasteiger partial charge in [-0.3, -0.25) is 4.79 Å². The molecule has 0 aromatic heterocycles. The number of esters is 1. The third-order valence-corrected chi connectivity index (χ3v) is 6.49. The van der Waals surface area contributed by atoms with Crippen LogP contribution in [0.4, 0.5) is 4.79 Å². The van der Waals surface area contributed by atoms with Crippen LogP contribution in [0.15, 0.2) is 78.9 Å². The molecule has 0 saturated carbocycles. The van der Waals surface area contributed by atoms with Gasteiger partial charge in [-0.25, -0.2) is 4.79 Å². The second-order valence-electron chi connectivity index (χ2n) is 8.22. The number of hydrogen-bond acceptors (Lipinski definition) is 4. The highest BCUT2D eigenvalue weighted by Gasteiger charge is 2.53. The predicted molar refractivity (Wildman–Crippen MR) is 120 cm³/mol. The summed E-state index contributed by atoms with van der Waals surface area (Å²) in [5.41, 5.74) is 5.45. The van der Waals surface area contributed by atoms with Crippen molar-refractivity contribution in [2.75, 3.05) is 6.61 Å². The molecule has 0 saturated heterocycles. The van der Waals surface area contributed by atoms with Crippen LogP contribution >= 0.6 is 0 Å². The van der Waals surface area contributed by atoms with E-state index < -0.39 is 18.1 Å². The van der Waals surface area contributed by atoms with Crippen molar-refractivity contribution in [1.29, 1.82) is 0 Å². The molecule has 3 aromatic carbocycles. The summed E-state index contributed by atoms with van der Waals surface area (Å²) in [4.78, 5) is 26.0. The molecule has 3 aliphatic carbocycles. The fraction of sp³-hybridized carbons (Fsp3) is 0.259. The van der Waals surface area contributed by atoms with Crippen LogP contribution in [0.3, 0.4) is 0 Å². The van der Waals surface area contributed by atoms with E-state index in [4.69, 9.17) is 9.47 Å². The Morgan fingerprint density at radius 3 is 1.84 bits per heavy atom. The van der Waals surface area contributed by atoms with Gasteiger partial charge in [0.05, 0.1) is 18.6 Å². The minimum absolute atomic E-state index is 0.147. The van der Waals surface area contributed by atoms with Gasteiger partial charge < -0.3 is 14.8 Å². The maximum absolute atomic E-state index is 13.2. The summed E-state index contributed by atoms with van der Waals surface area (Å²) in [6.45, 7) is 2.27. The highest BCUT2D eigenvalue weighted by Crippen LogP contribution is 2.55. The topological polar surface area (TPSA) is 64.6 Å². The zero-order valence-corrected chi connectivity index (χ0v) is 17.9. The molecule has 32 heavy (non-hydrogen) atoms. The van der Waals surface area contributed by atoms with Gasteiger partial charge in [-0.1, -0.05) is 78.9 Å². The van der Waals surface area contributed by atoms with Crippen molar-refractivity contribution in [3.8, 4) is 0 Å². The first-order valence-electron chi connectivity index (χ1n) is 11.0. The number of nitrogens with one attached hydrogen (secondary N) is 1. The lowest BCUT2D eigenvalue weighted by atomic mass is 9.56. The maximum Gasteiger partial charge on any atom is 0.407 e. The van der Waals surface area contributed by atoms with Crippen LogP contribution in [0.2, 0.25) is 0 Å². The van der Waals surface area contributed by atoms with Gasteiger partial charge in [0, 0.05) is 11.8 Å². The van der Waals surface area contributed by atoms with Crippen LogP contribution in [0.25, 0.3) is 0 Å². The van der Waals surface area contributed by atoms with E-state index in [1.165, 1.54) is 0 Å². The number of alkyl carbamates (subject to hydrolysis) is 1. The van der Waals surface area contributed by atoms with Crippen LogP contribution in [0, 0.1) is 5.92 Å². The number of ether oxygens (including phenoxy) is 2. The zero-order valence-electron chi connectivity index (χ0n) is 17.9. The van der Waals surface area contributed by atoms with E-state index in [9.17, 15) is 9.59 Å². The van der Waals surface area contributed by atoms with Gasteiger partial charge in [0.2, 0.25) is 0 Å². The quantitative estimate of drug-likeness (QED) is 0.597. The first kappa shape index (κ1) is 20.3. The molecule has 5 heteroatoms. The number of rotatable bonds is 5. The van der Waals surface area contributed by atoms with E-state index in [0.29, 0.717) is 6.61 Å². The van der Waals surface area contributed by atoms with Gasteiger partial charge >= 0.3 is 12.1 Å². The van der Waals surface area contributed by atoms with E-state index in [0.717, 1.165) is 27.8 Å². The summed E-state index contributed by atoms with van der Waals surface area (Å²) in [5.74, 6) is -1.13. The highest BCUT2D eigenvalue weighted by molar-refractivity contribution is 5.81. The lowest BCUT2D eigenvalue weighted by molar-refractivity contribution is -0.150. The second-order valence-corrected chi connectivity index (χ2v) is 8.22. The SMILES string of the molecule is CCOC(=O)[C@@H]1C2c3ccccc3C(c3ccccc32)[C@@H]1NC(=O)OCc1ccccc1. The fourth-order valence-corrected chi connectivity index (χ4v) is 5.27. The normalized spacial score (nSPS) is 22.4. The van der Waals surface area contributed by atoms with E-state index >= 15 is 0 Å². The minimum Gasteiger partial charge on any atom is -0.466 e. The number of fused-ring (bicyclic) bond motifs is 1. The minimum atomic E-state index is -0.532. The van der Waals surface area contributed by atoms with Crippen LogP contribution in [-0.4, -0.2) is 24.7 Å². The molecule has 3 aliphatic rings. The largest absolute Gasteiger partial charge is 0.466 e. The molecular formula is C27H25NO4. The molecule has 2 bridgehead atoms. The smallest absolute Gasteiger partial charge is 0.407 e. The van der Waals surface area contributed by atoms with Crippen molar-refractivity contribution in [1.82, 2.24) is 5.32 Å². The van der Waals surface area contributed by atoms with Crippen LogP contribution in [-0.2, 0) is 20.9 Å². The van der Waals surface area contributed by atoms with Gasteiger partial charge in [-0.05, 0) is 34.7 Å². The Bertz CT molecular complexity index is 1100. The monoisotopic (exact) mass is 427 g/mol. The summed E-state index contributed by atoms with van der Waals surface area (Å²) in [6, 6.07) is 25.4. The van der Waals surface area contributed by atoms with E-state index in [1.54, 1.807) is 6.92 Å². The average molecular weight is 428 g/mol. The van der Waals surface area contributed by atoms with Crippen molar-refractivity contribution in [3.05, 3.63) is 107 Å². The average Bonchev–Trinajstić information content (AvgIpc) is 2.83. The molecule has 0 aliphatic heterocycles. The maximum atomic E-state index is 13.2. The second kappa shape index (κ2) is 8.50. The van der Waals surface area contributed by atoms with Gasteiger partial charge in [0.15, 0.2) is 0 Å². The molecule has 1 amide bonds. The molecule has 5 nitrogen and oxygen atoms in total. The van der Waals surface area contributed by atoms with E-state index in [2.05, 4.69) is 29.6 Å².